The first kappa shape index (κ1) is 32.9. The molecule has 1 amide bonds. The molecule has 5 N–H and O–H groups in total. The molecule has 2 aromatic carbocycles. The van der Waals surface area contributed by atoms with Crippen LogP contribution in [0.25, 0.3) is 22.6 Å². The van der Waals surface area contributed by atoms with Crippen molar-refractivity contribution in [1.82, 2.24) is 25.4 Å². The van der Waals surface area contributed by atoms with Crippen LogP contribution in [0.1, 0.15) is 36.6 Å². The van der Waals surface area contributed by atoms with E-state index in [0.717, 1.165) is 12.1 Å². The van der Waals surface area contributed by atoms with Crippen LogP contribution in [0.4, 0.5) is 46.6 Å². The summed E-state index contributed by atoms with van der Waals surface area (Å²) in [6.07, 6.45) is -11.2. The predicted octanol–water partition coefficient (Wildman–Crippen LogP) is 5.42. The standard InChI is InChI=1S/C27H23F8N7O3/c1-12(2)38-22-23(44)40-20(15-7-16(26(30,31)32)9-17(36)8-15)18(39-22)10-19(43)37-11-13-3-5-14(6-4-13)21-41-24(45-42-21)25(28,29)27(33,34)35/h3-9,12H,10-11,36H2,1-2H3,(H,37,43)(H,38,39)(H,40,44). The number of benzene rings is 2. The predicted molar refractivity (Wildman–Crippen MR) is 144 cm³/mol. The average Bonchev–Trinajstić information content (AvgIpc) is 3.43. The van der Waals surface area contributed by atoms with Crippen molar-refractivity contribution in [3.63, 3.8) is 0 Å². The smallest absolute Gasteiger partial charge is 0.399 e. The van der Waals surface area contributed by atoms with Crippen molar-refractivity contribution in [2.24, 2.45) is 0 Å². The van der Waals surface area contributed by atoms with Crippen LogP contribution in [0.5, 0.6) is 0 Å². The van der Waals surface area contributed by atoms with Gasteiger partial charge in [0.05, 0.1) is 23.4 Å². The van der Waals surface area contributed by atoms with E-state index in [1.165, 1.54) is 30.3 Å². The Morgan fingerprint density at radius 2 is 1.64 bits per heavy atom. The number of anilines is 2. The largest absolute Gasteiger partial charge is 0.463 e. The zero-order valence-corrected chi connectivity index (χ0v) is 23.2. The maximum atomic E-state index is 13.5. The maximum absolute atomic E-state index is 13.5. The fourth-order valence-electron chi connectivity index (χ4n) is 3.96. The number of nitrogen functional groups attached to an aromatic ring is 1. The van der Waals surface area contributed by atoms with E-state index in [1.807, 2.05) is 0 Å². The Morgan fingerprint density at radius 1 is 0.978 bits per heavy atom. The summed E-state index contributed by atoms with van der Waals surface area (Å²) in [5.41, 5.74) is 3.79. The Bertz CT molecular complexity index is 1750. The molecule has 0 atom stereocenters. The first-order valence-corrected chi connectivity index (χ1v) is 12.9. The summed E-state index contributed by atoms with van der Waals surface area (Å²) >= 11 is 0. The van der Waals surface area contributed by atoms with Gasteiger partial charge in [-0.2, -0.15) is 40.1 Å². The van der Waals surface area contributed by atoms with Crippen molar-refractivity contribution in [3.05, 3.63) is 75.5 Å². The number of carbonyl (C=O) groups excluding carboxylic acids is 1. The number of halogens is 8. The van der Waals surface area contributed by atoms with Gasteiger partial charge in [-0.25, -0.2) is 4.98 Å². The fraction of sp³-hybridized carbons (Fsp3) is 0.296. The quantitative estimate of drug-likeness (QED) is 0.139. The number of H-pyrrole nitrogens is 1. The molecular weight excluding hydrogens is 622 g/mol. The van der Waals surface area contributed by atoms with Gasteiger partial charge in [0.25, 0.3) is 5.56 Å². The third-order valence-electron chi connectivity index (χ3n) is 6.07. The third-order valence-corrected chi connectivity index (χ3v) is 6.07. The first-order valence-electron chi connectivity index (χ1n) is 12.9. The van der Waals surface area contributed by atoms with E-state index in [0.29, 0.717) is 5.56 Å². The zero-order chi connectivity index (χ0) is 33.3. The van der Waals surface area contributed by atoms with E-state index in [2.05, 4.69) is 35.3 Å². The summed E-state index contributed by atoms with van der Waals surface area (Å²) in [6.45, 7) is 3.33. The lowest BCUT2D eigenvalue weighted by atomic mass is 10.0. The first-order chi connectivity index (χ1) is 20.8. The van der Waals surface area contributed by atoms with Crippen molar-refractivity contribution in [2.45, 2.75) is 51.1 Å². The van der Waals surface area contributed by atoms with Gasteiger partial charge >= 0.3 is 24.2 Å². The molecule has 18 heteroatoms. The number of hydrogen-bond donors (Lipinski definition) is 4. The van der Waals surface area contributed by atoms with Crippen LogP contribution in [-0.2, 0) is 29.9 Å². The van der Waals surface area contributed by atoms with Gasteiger partial charge in [-0.1, -0.05) is 29.4 Å². The molecule has 2 aromatic heterocycles. The van der Waals surface area contributed by atoms with Crippen molar-refractivity contribution in [1.29, 1.82) is 0 Å². The molecular formula is C27H23F8N7O3. The summed E-state index contributed by atoms with van der Waals surface area (Å²) in [6, 6.07) is 7.84. The van der Waals surface area contributed by atoms with E-state index in [-0.39, 0.29) is 46.6 Å². The summed E-state index contributed by atoms with van der Waals surface area (Å²) in [5, 5.41) is 8.54. The van der Waals surface area contributed by atoms with Gasteiger partial charge in [0, 0.05) is 29.4 Å². The van der Waals surface area contributed by atoms with Crippen LogP contribution in [0.3, 0.4) is 0 Å². The van der Waals surface area contributed by atoms with Gasteiger partial charge in [0.15, 0.2) is 5.82 Å². The molecule has 0 spiro atoms. The molecule has 0 bridgehead atoms. The number of nitrogens with zero attached hydrogens (tertiary/aromatic N) is 3. The third kappa shape index (κ3) is 7.55. The topological polar surface area (TPSA) is 152 Å². The molecule has 0 aliphatic carbocycles. The second kappa shape index (κ2) is 12.2. The Balaban J connectivity index is 1.53. The van der Waals surface area contributed by atoms with Crippen LogP contribution >= 0.6 is 0 Å². The van der Waals surface area contributed by atoms with Crippen molar-refractivity contribution < 1.29 is 44.4 Å². The number of nitrogens with one attached hydrogen (secondary N) is 3. The van der Waals surface area contributed by atoms with Gasteiger partial charge < -0.3 is 25.9 Å². The normalized spacial score (nSPS) is 12.4. The minimum Gasteiger partial charge on any atom is -0.399 e. The van der Waals surface area contributed by atoms with Gasteiger partial charge in [-0.05, 0) is 37.6 Å². The van der Waals surface area contributed by atoms with E-state index in [4.69, 9.17) is 5.73 Å². The second-order valence-electron chi connectivity index (χ2n) is 10.0. The van der Waals surface area contributed by atoms with Gasteiger partial charge in [-0.15, -0.1) is 0 Å². The number of aromatic nitrogens is 4. The number of hydrogen-bond acceptors (Lipinski definition) is 8. The SMILES string of the molecule is CC(C)Nc1nc(CC(=O)NCc2ccc(-c3noc(C(F)(F)C(F)(F)F)n3)cc2)c(-c2cc(N)cc(C(F)(F)F)c2)[nH]c1=O. The minimum atomic E-state index is -5.93. The van der Waals surface area contributed by atoms with Crippen molar-refractivity contribution in [3.8, 4) is 22.6 Å². The Labute approximate surface area is 248 Å². The molecule has 0 radical (unpaired) electrons. The van der Waals surface area contributed by atoms with Crippen molar-refractivity contribution in [2.75, 3.05) is 11.1 Å². The Hall–Kier alpha value is -5.03. The summed E-state index contributed by atoms with van der Waals surface area (Å²) in [5.74, 6) is -8.60. The molecule has 4 rings (SSSR count). The molecule has 0 aliphatic heterocycles. The molecule has 0 unspecified atom stereocenters. The lowest BCUT2D eigenvalue weighted by Crippen LogP contribution is -2.33. The van der Waals surface area contributed by atoms with Gasteiger partial charge in [0.2, 0.25) is 11.7 Å². The molecule has 45 heavy (non-hydrogen) atoms. The fourth-order valence-corrected chi connectivity index (χ4v) is 3.96. The van der Waals surface area contributed by atoms with Crippen LogP contribution < -0.4 is 21.9 Å². The maximum Gasteiger partial charge on any atom is 0.463 e. The van der Waals surface area contributed by atoms with E-state index >= 15 is 0 Å². The Morgan fingerprint density at radius 3 is 2.24 bits per heavy atom. The lowest BCUT2D eigenvalue weighted by molar-refractivity contribution is -0.298. The average molecular weight is 646 g/mol. The second-order valence-corrected chi connectivity index (χ2v) is 10.0. The number of rotatable bonds is 9. The highest BCUT2D eigenvalue weighted by Crippen LogP contribution is 2.43. The van der Waals surface area contributed by atoms with E-state index in [1.54, 1.807) is 13.8 Å². The van der Waals surface area contributed by atoms with Crippen LogP contribution in [0.2, 0.25) is 0 Å². The molecule has 0 saturated heterocycles. The highest BCUT2D eigenvalue weighted by molar-refractivity contribution is 5.81. The van der Waals surface area contributed by atoms with Gasteiger partial charge in [0.1, 0.15) is 0 Å². The zero-order valence-electron chi connectivity index (χ0n) is 23.2. The summed E-state index contributed by atoms with van der Waals surface area (Å²) in [7, 11) is 0. The minimum absolute atomic E-state index is 0.0469. The van der Waals surface area contributed by atoms with Crippen LogP contribution in [0, 0.1) is 0 Å². The molecule has 0 fully saturated rings. The molecule has 240 valence electrons. The lowest BCUT2D eigenvalue weighted by Gasteiger charge is -2.15. The summed E-state index contributed by atoms with van der Waals surface area (Å²) < 4.78 is 109. The van der Waals surface area contributed by atoms with Crippen molar-refractivity contribution >= 4 is 17.4 Å². The summed E-state index contributed by atoms with van der Waals surface area (Å²) in [4.78, 5) is 35.3. The number of carbonyl (C=O) groups is 1. The highest BCUT2D eigenvalue weighted by atomic mass is 19.4. The molecule has 10 nitrogen and oxygen atoms in total. The van der Waals surface area contributed by atoms with E-state index in [9.17, 15) is 44.7 Å². The molecule has 0 aliphatic rings. The van der Waals surface area contributed by atoms with Crippen LogP contribution in [-0.4, -0.2) is 38.2 Å². The number of alkyl halides is 8. The van der Waals surface area contributed by atoms with E-state index < -0.39 is 53.4 Å². The molecule has 0 saturated carbocycles. The Kier molecular flexibility index (Phi) is 8.88. The molecule has 2 heterocycles. The van der Waals surface area contributed by atoms with Crippen LogP contribution in [0.15, 0.2) is 51.8 Å². The van der Waals surface area contributed by atoms with Gasteiger partial charge in [-0.3, -0.25) is 9.59 Å². The number of aromatic amines is 1. The number of amides is 1. The number of nitrogens with two attached hydrogens (primary N) is 1. The monoisotopic (exact) mass is 645 g/mol. The highest BCUT2D eigenvalue weighted by Gasteiger charge is 2.63. The molecule has 4 aromatic rings.